The highest BCUT2D eigenvalue weighted by molar-refractivity contribution is 5.92. The highest BCUT2D eigenvalue weighted by atomic mass is 16.3. The predicted molar refractivity (Wildman–Crippen MR) is 355 cm³/mol. The highest BCUT2D eigenvalue weighted by Crippen LogP contribution is 2.30. The van der Waals surface area contributed by atoms with Gasteiger partial charge in [0.15, 0.2) is 0 Å². The molecular formula is C72H108N8O10. The van der Waals surface area contributed by atoms with E-state index in [0.717, 1.165) is 94.8 Å². The van der Waals surface area contributed by atoms with Crippen LogP contribution in [0.3, 0.4) is 0 Å². The quantitative estimate of drug-likeness (QED) is 0.0296. The predicted octanol–water partition coefficient (Wildman–Crippen LogP) is 5.54. The molecule has 0 aromatic heterocycles. The van der Waals surface area contributed by atoms with Crippen LogP contribution in [0.2, 0.25) is 0 Å². The van der Waals surface area contributed by atoms with Crippen molar-refractivity contribution in [3.05, 3.63) is 71.8 Å². The van der Waals surface area contributed by atoms with Gasteiger partial charge >= 0.3 is 0 Å². The molecule has 0 bridgehead atoms. The second-order valence-corrected chi connectivity index (χ2v) is 24.7. The van der Waals surface area contributed by atoms with Crippen molar-refractivity contribution < 1.29 is 49.2 Å². The molecule has 0 aliphatic heterocycles. The molecular weight excluding hydrogens is 1140 g/mol. The second kappa shape index (κ2) is 44.7. The zero-order chi connectivity index (χ0) is 66.2. The normalized spacial score (nSPS) is 16.7. The van der Waals surface area contributed by atoms with Gasteiger partial charge in [0.1, 0.15) is 24.3 Å². The van der Waals surface area contributed by atoms with Gasteiger partial charge in [0.2, 0.25) is 35.4 Å². The zero-order valence-electron chi connectivity index (χ0n) is 54.6. The Morgan fingerprint density at radius 2 is 0.922 bits per heavy atom. The molecule has 90 heavy (non-hydrogen) atoms. The molecule has 0 heterocycles. The lowest BCUT2D eigenvalue weighted by Crippen LogP contribution is -2.56. The van der Waals surface area contributed by atoms with Crippen LogP contribution < -0.4 is 26.6 Å². The number of nitrogens with one attached hydrogen (secondary N) is 5. The number of carbonyl (C=O) groups excluding carboxylic acids is 6. The van der Waals surface area contributed by atoms with Crippen molar-refractivity contribution >= 4 is 35.4 Å². The topological polar surface area (TPSA) is 253 Å². The van der Waals surface area contributed by atoms with E-state index in [1.54, 1.807) is 23.9 Å². The number of aliphatic hydroxyl groups is 4. The molecule has 2 aromatic carbocycles. The van der Waals surface area contributed by atoms with Gasteiger partial charge in [-0.25, -0.2) is 0 Å². The van der Waals surface area contributed by atoms with Gasteiger partial charge in [-0.05, 0) is 88.0 Å². The molecule has 9 N–H and O–H groups in total. The number of likely N-dealkylation sites (N-methyl/N-ethyl adjacent to an activating group) is 3. The summed E-state index contributed by atoms with van der Waals surface area (Å²) in [6.07, 6.45) is 30.9. The van der Waals surface area contributed by atoms with E-state index in [1.165, 1.54) is 0 Å². The average molecular weight is 1250 g/mol. The third kappa shape index (κ3) is 29.9. The molecule has 0 radical (unpaired) electrons. The Kier molecular flexibility index (Phi) is 38.5. The fourth-order valence-corrected chi connectivity index (χ4v) is 11.6. The van der Waals surface area contributed by atoms with Crippen LogP contribution in [-0.4, -0.2) is 180 Å². The number of benzene rings is 2. The van der Waals surface area contributed by atoms with Crippen LogP contribution in [0.15, 0.2) is 60.7 Å². The summed E-state index contributed by atoms with van der Waals surface area (Å²) in [6, 6.07) is 15.5. The molecule has 6 amide bonds. The average Bonchev–Trinajstić information content (AvgIpc) is 1.45. The van der Waals surface area contributed by atoms with Gasteiger partial charge < -0.3 is 61.7 Å². The third-order valence-electron chi connectivity index (χ3n) is 17.5. The first kappa shape index (κ1) is 77.5. The first-order chi connectivity index (χ1) is 43.3. The molecule has 0 spiro atoms. The Morgan fingerprint density at radius 3 is 1.29 bits per heavy atom. The third-order valence-corrected chi connectivity index (χ3v) is 17.5. The number of carbonyl (C=O) groups is 6. The van der Waals surface area contributed by atoms with Crippen LogP contribution in [0.25, 0.3) is 0 Å². The molecule has 2 saturated carbocycles. The standard InChI is InChI=1S/2C36H54N4O5/c1-6-9-21-30(36(45)38-31(34(43)32(41)16-7-2)25-28-19-14-11-15-20-28)37-35(44)29(24-27-17-12-10-13-18-27)26-33(42)40(5)23-22-39(4)8-3;1-5-8-20-30(36(45)39-31(34(43)32(41)15-6-2)25-28-18-13-10-14-19-28)38-35(44)29(24-27-16-11-9-12-17-27)26-33(42)40(4)23-22-37-21-7-3/h1-2,10,12-13,17-18,28-32,34,41,43H,8-9,11,14-16,19-26H2,3-5H3,(H,37,44)(H,38,45);1-2,9,11-12,16-17,28-32,34,37,41,43H,7-8,10,13-15,18-26H2,3-4H3,(H,38,44)(H,39,45)/t2*29-,30+,31+,32+,34-/m11/s1. The summed E-state index contributed by atoms with van der Waals surface area (Å²) in [6.45, 7) is 8.28. The maximum absolute atomic E-state index is 13.8. The van der Waals surface area contributed by atoms with Gasteiger partial charge in [0.25, 0.3) is 0 Å². The lowest BCUT2D eigenvalue weighted by molar-refractivity contribution is -0.137. The van der Waals surface area contributed by atoms with E-state index in [2.05, 4.69) is 62.1 Å². The van der Waals surface area contributed by atoms with Crippen molar-refractivity contribution in [2.45, 2.75) is 210 Å². The molecule has 0 saturated heterocycles. The lowest BCUT2D eigenvalue weighted by atomic mass is 9.82. The summed E-state index contributed by atoms with van der Waals surface area (Å²) >= 11 is 0. The van der Waals surface area contributed by atoms with E-state index in [-0.39, 0.29) is 63.2 Å². The van der Waals surface area contributed by atoms with E-state index in [0.29, 0.717) is 63.7 Å². The Labute approximate surface area is 539 Å². The van der Waals surface area contributed by atoms with Crippen molar-refractivity contribution in [3.8, 4) is 49.4 Å². The van der Waals surface area contributed by atoms with Crippen LogP contribution >= 0.6 is 0 Å². The summed E-state index contributed by atoms with van der Waals surface area (Å²) in [7, 11) is 5.45. The van der Waals surface area contributed by atoms with E-state index < -0.39 is 84.0 Å². The van der Waals surface area contributed by atoms with Gasteiger partial charge in [-0.15, -0.1) is 49.4 Å². The van der Waals surface area contributed by atoms with Crippen LogP contribution in [0.1, 0.15) is 160 Å². The van der Waals surface area contributed by atoms with Crippen molar-refractivity contribution in [2.75, 3.05) is 60.4 Å². The summed E-state index contributed by atoms with van der Waals surface area (Å²) in [5.74, 6) is 6.86. The number of aliphatic hydroxyl groups excluding tert-OH is 4. The van der Waals surface area contributed by atoms with Crippen LogP contribution in [-0.2, 0) is 41.6 Å². The van der Waals surface area contributed by atoms with E-state index in [9.17, 15) is 49.2 Å². The van der Waals surface area contributed by atoms with Gasteiger partial charge in [0, 0.05) is 78.8 Å². The molecule has 2 fully saturated rings. The fourth-order valence-electron chi connectivity index (χ4n) is 11.6. The minimum Gasteiger partial charge on any atom is -0.389 e. The Hall–Kier alpha value is -6.74. The first-order valence-electron chi connectivity index (χ1n) is 32.9. The lowest BCUT2D eigenvalue weighted by Gasteiger charge is -2.33. The SMILES string of the molecule is C#CCC[C@H](NC(=O)[C@@H](CC(=O)N(C)CCN(C)CC)Cc1ccccc1)C(=O)N[C@@H](CC1CCCCC1)[C@@H](O)[C@@H](O)CC#C.C#CCC[C@H](NC(=O)[C@@H](CC(=O)N(C)CCNCCC)Cc1ccccc1)C(=O)N[C@@H](CC1CCCCC1)[C@@H](O)[C@@H](O)CC#C. The van der Waals surface area contributed by atoms with Crippen molar-refractivity contribution in [3.63, 3.8) is 0 Å². The molecule has 4 rings (SSSR count). The Balaban J connectivity index is 0.000000470. The maximum atomic E-state index is 13.8. The Morgan fingerprint density at radius 1 is 0.522 bits per heavy atom. The number of nitrogens with zero attached hydrogens (tertiary/aromatic N) is 3. The smallest absolute Gasteiger partial charge is 0.242 e. The molecule has 0 unspecified atom stereocenters. The monoisotopic (exact) mass is 1240 g/mol. The van der Waals surface area contributed by atoms with Crippen molar-refractivity contribution in [2.24, 2.45) is 23.7 Å². The summed E-state index contributed by atoms with van der Waals surface area (Å²) in [4.78, 5) is 86.7. The van der Waals surface area contributed by atoms with Gasteiger partial charge in [-0.1, -0.05) is 139 Å². The van der Waals surface area contributed by atoms with Crippen molar-refractivity contribution in [1.29, 1.82) is 0 Å². The first-order valence-corrected chi connectivity index (χ1v) is 32.9. The second-order valence-electron chi connectivity index (χ2n) is 24.7. The molecule has 496 valence electrons. The number of hydrogen-bond acceptors (Lipinski definition) is 12. The number of terminal acetylenes is 4. The van der Waals surface area contributed by atoms with Crippen LogP contribution in [0.4, 0.5) is 0 Å². The van der Waals surface area contributed by atoms with Crippen LogP contribution in [0.5, 0.6) is 0 Å². The largest absolute Gasteiger partial charge is 0.389 e. The number of rotatable bonds is 39. The number of hydrogen-bond donors (Lipinski definition) is 9. The maximum Gasteiger partial charge on any atom is 0.242 e. The van der Waals surface area contributed by atoms with Gasteiger partial charge in [0.05, 0.1) is 36.1 Å². The zero-order valence-corrected chi connectivity index (χ0v) is 54.6. The molecule has 18 heteroatoms. The van der Waals surface area contributed by atoms with E-state index in [1.807, 2.05) is 74.6 Å². The minimum atomic E-state index is -1.26. The van der Waals surface area contributed by atoms with Crippen molar-refractivity contribution in [1.82, 2.24) is 41.3 Å². The summed E-state index contributed by atoms with van der Waals surface area (Å²) < 4.78 is 0. The molecule has 18 nitrogen and oxygen atoms in total. The summed E-state index contributed by atoms with van der Waals surface area (Å²) in [5.41, 5.74) is 1.81. The molecule has 2 aromatic rings. The highest BCUT2D eigenvalue weighted by Gasteiger charge is 2.36. The molecule has 10 atom stereocenters. The molecule has 2 aliphatic rings. The summed E-state index contributed by atoms with van der Waals surface area (Å²) in [5, 5.41) is 57.9. The Bertz CT molecular complexity index is 2590. The fraction of sp³-hybridized carbons (Fsp3) is 0.639. The van der Waals surface area contributed by atoms with Crippen LogP contribution in [0, 0.1) is 73.0 Å². The van der Waals surface area contributed by atoms with E-state index in [4.69, 9.17) is 25.7 Å². The van der Waals surface area contributed by atoms with Gasteiger partial charge in [-0.3, -0.25) is 28.8 Å². The van der Waals surface area contributed by atoms with E-state index >= 15 is 0 Å². The molecule has 2 aliphatic carbocycles. The minimum absolute atomic E-state index is 0.0160. The van der Waals surface area contributed by atoms with Gasteiger partial charge in [-0.2, -0.15) is 0 Å². The number of amides is 6.